The summed E-state index contributed by atoms with van der Waals surface area (Å²) in [6.07, 6.45) is 9.62. The van der Waals surface area contributed by atoms with Gasteiger partial charge in [-0.15, -0.1) is 0 Å². The summed E-state index contributed by atoms with van der Waals surface area (Å²) in [6.45, 7) is 5.64. The molecule has 2 N–H and O–H groups in total. The Bertz CT molecular complexity index is 536. The molecule has 0 spiro atoms. The third-order valence-corrected chi connectivity index (χ3v) is 8.01. The summed E-state index contributed by atoms with van der Waals surface area (Å²) < 4.78 is 0. The number of hydrogen-bond donors (Lipinski definition) is 1. The second kappa shape index (κ2) is 8.10. The molecule has 2 aliphatic carbocycles. The molecule has 2 saturated carbocycles. The van der Waals surface area contributed by atoms with E-state index in [9.17, 15) is 9.59 Å². The van der Waals surface area contributed by atoms with Crippen LogP contribution in [0.3, 0.4) is 0 Å². The third kappa shape index (κ3) is 4.03. The van der Waals surface area contributed by atoms with Gasteiger partial charge in [0.1, 0.15) is 0 Å². The Labute approximate surface area is 164 Å². The number of amides is 2. The minimum atomic E-state index is 0.126. The van der Waals surface area contributed by atoms with Crippen molar-refractivity contribution in [3.05, 3.63) is 0 Å². The van der Waals surface area contributed by atoms with E-state index in [1.54, 1.807) is 0 Å². The highest BCUT2D eigenvalue weighted by Gasteiger charge is 2.42. The standard InChI is InChI=1S/C22H37N3O2/c1-15-5-9-24(10-6-15)21(26)16-7-11-25(12-8-16)22(27)19-13-17-3-2-4-18(14-19)20(17)23/h15-20H,2-14,23H2,1H3. The molecule has 5 heteroatoms. The number of nitrogens with zero attached hydrogens (tertiary/aromatic N) is 2. The first-order valence-corrected chi connectivity index (χ1v) is 11.4. The highest BCUT2D eigenvalue weighted by atomic mass is 16.2. The molecule has 4 fully saturated rings. The van der Waals surface area contributed by atoms with Crippen LogP contribution in [-0.2, 0) is 9.59 Å². The van der Waals surface area contributed by atoms with Gasteiger partial charge in [0.2, 0.25) is 11.8 Å². The summed E-state index contributed by atoms with van der Waals surface area (Å²) in [4.78, 5) is 30.0. The van der Waals surface area contributed by atoms with Crippen LogP contribution in [0.4, 0.5) is 0 Å². The molecule has 2 unspecified atom stereocenters. The monoisotopic (exact) mass is 375 g/mol. The lowest BCUT2D eigenvalue weighted by Gasteiger charge is -2.45. The number of likely N-dealkylation sites (tertiary alicyclic amines) is 2. The smallest absolute Gasteiger partial charge is 0.225 e. The molecule has 0 aromatic heterocycles. The highest BCUT2D eigenvalue weighted by molar-refractivity contribution is 5.81. The third-order valence-electron chi connectivity index (χ3n) is 8.01. The van der Waals surface area contributed by atoms with Crippen LogP contribution in [0.5, 0.6) is 0 Å². The van der Waals surface area contributed by atoms with Gasteiger partial charge in [0.05, 0.1) is 0 Å². The fourth-order valence-electron chi connectivity index (χ4n) is 6.08. The van der Waals surface area contributed by atoms with Crippen molar-refractivity contribution in [3.8, 4) is 0 Å². The Morgan fingerprint density at radius 2 is 1.22 bits per heavy atom. The van der Waals surface area contributed by atoms with Crippen molar-refractivity contribution in [3.63, 3.8) is 0 Å². The number of hydrogen-bond acceptors (Lipinski definition) is 3. The molecule has 2 atom stereocenters. The number of rotatable bonds is 2. The quantitative estimate of drug-likeness (QED) is 0.807. The van der Waals surface area contributed by atoms with Gasteiger partial charge in [-0.25, -0.2) is 0 Å². The SMILES string of the molecule is CC1CCN(C(=O)C2CCN(C(=O)C3CC4CCCC(C3)C4N)CC2)CC1. The average molecular weight is 376 g/mol. The topological polar surface area (TPSA) is 66.6 Å². The van der Waals surface area contributed by atoms with Crippen molar-refractivity contribution in [1.29, 1.82) is 0 Å². The number of carbonyl (C=O) groups is 2. The molecule has 2 amide bonds. The van der Waals surface area contributed by atoms with Crippen molar-refractivity contribution in [2.75, 3.05) is 26.2 Å². The zero-order valence-electron chi connectivity index (χ0n) is 16.9. The Balaban J connectivity index is 1.28. The van der Waals surface area contributed by atoms with E-state index in [-0.39, 0.29) is 11.8 Å². The lowest BCUT2D eigenvalue weighted by molar-refractivity contribution is -0.145. The minimum absolute atomic E-state index is 0.126. The Hall–Kier alpha value is -1.10. The van der Waals surface area contributed by atoms with Crippen LogP contribution >= 0.6 is 0 Å². The Morgan fingerprint density at radius 3 is 1.78 bits per heavy atom. The van der Waals surface area contributed by atoms with Gasteiger partial charge in [-0.3, -0.25) is 9.59 Å². The maximum Gasteiger partial charge on any atom is 0.225 e. The maximum atomic E-state index is 13.1. The summed E-state index contributed by atoms with van der Waals surface area (Å²) in [7, 11) is 0. The maximum absolute atomic E-state index is 13.1. The van der Waals surface area contributed by atoms with Crippen LogP contribution in [0.25, 0.3) is 0 Å². The van der Waals surface area contributed by atoms with Gasteiger partial charge in [0.15, 0.2) is 0 Å². The molecular weight excluding hydrogens is 338 g/mol. The van der Waals surface area contributed by atoms with Gasteiger partial charge >= 0.3 is 0 Å². The van der Waals surface area contributed by atoms with E-state index in [0.717, 1.165) is 70.6 Å². The summed E-state index contributed by atoms with van der Waals surface area (Å²) in [5.74, 6) is 2.83. The molecule has 2 aliphatic heterocycles. The summed E-state index contributed by atoms with van der Waals surface area (Å²) in [6, 6.07) is 0.318. The molecule has 152 valence electrons. The summed E-state index contributed by atoms with van der Waals surface area (Å²) in [5, 5.41) is 0. The van der Waals surface area contributed by atoms with Gasteiger partial charge in [-0.1, -0.05) is 13.3 Å². The van der Waals surface area contributed by atoms with Crippen LogP contribution in [0.15, 0.2) is 0 Å². The fraction of sp³-hybridized carbons (Fsp3) is 0.909. The molecule has 0 radical (unpaired) electrons. The van der Waals surface area contributed by atoms with Gasteiger partial charge in [-0.2, -0.15) is 0 Å². The van der Waals surface area contributed by atoms with Gasteiger partial charge in [0.25, 0.3) is 0 Å². The van der Waals surface area contributed by atoms with Crippen molar-refractivity contribution in [1.82, 2.24) is 9.80 Å². The normalized spacial score (nSPS) is 35.9. The summed E-state index contributed by atoms with van der Waals surface area (Å²) in [5.41, 5.74) is 6.39. The second-order valence-electron chi connectivity index (χ2n) is 9.80. The van der Waals surface area contributed by atoms with E-state index in [4.69, 9.17) is 5.73 Å². The molecule has 4 aliphatic rings. The number of nitrogens with two attached hydrogens (primary N) is 1. The number of fused-ring (bicyclic) bond motifs is 2. The van der Waals surface area contributed by atoms with Crippen LogP contribution in [0.2, 0.25) is 0 Å². The van der Waals surface area contributed by atoms with E-state index < -0.39 is 0 Å². The van der Waals surface area contributed by atoms with Crippen molar-refractivity contribution in [2.45, 2.75) is 70.8 Å². The first-order valence-electron chi connectivity index (χ1n) is 11.4. The lowest BCUT2D eigenvalue weighted by atomic mass is 9.65. The van der Waals surface area contributed by atoms with E-state index in [1.807, 2.05) is 0 Å². The molecule has 2 heterocycles. The van der Waals surface area contributed by atoms with Crippen LogP contribution in [0, 0.1) is 29.6 Å². The molecular formula is C22H37N3O2. The van der Waals surface area contributed by atoms with E-state index >= 15 is 0 Å². The van der Waals surface area contributed by atoms with Gasteiger partial charge < -0.3 is 15.5 Å². The molecule has 5 nitrogen and oxygen atoms in total. The largest absolute Gasteiger partial charge is 0.342 e. The minimum Gasteiger partial charge on any atom is -0.342 e. The van der Waals surface area contributed by atoms with Crippen molar-refractivity contribution >= 4 is 11.8 Å². The predicted octanol–water partition coefficient (Wildman–Crippen LogP) is 2.64. The van der Waals surface area contributed by atoms with Crippen molar-refractivity contribution < 1.29 is 9.59 Å². The van der Waals surface area contributed by atoms with E-state index in [2.05, 4.69) is 16.7 Å². The summed E-state index contributed by atoms with van der Waals surface area (Å²) >= 11 is 0. The first kappa shape index (κ1) is 19.2. The molecule has 2 saturated heterocycles. The van der Waals surface area contributed by atoms with Crippen molar-refractivity contribution in [2.24, 2.45) is 35.3 Å². The molecule has 2 bridgehead atoms. The average Bonchev–Trinajstić information content (AvgIpc) is 2.67. The highest BCUT2D eigenvalue weighted by Crippen LogP contribution is 2.42. The second-order valence-corrected chi connectivity index (χ2v) is 9.80. The first-order chi connectivity index (χ1) is 13.0. The molecule has 0 aromatic carbocycles. The zero-order chi connectivity index (χ0) is 19.0. The van der Waals surface area contributed by atoms with E-state index in [0.29, 0.717) is 29.7 Å². The molecule has 27 heavy (non-hydrogen) atoms. The van der Waals surface area contributed by atoms with Gasteiger partial charge in [0, 0.05) is 44.1 Å². The lowest BCUT2D eigenvalue weighted by Crippen LogP contribution is -2.51. The number of carbonyl (C=O) groups excluding carboxylic acids is 2. The van der Waals surface area contributed by atoms with Crippen LogP contribution in [-0.4, -0.2) is 53.8 Å². The zero-order valence-corrected chi connectivity index (χ0v) is 16.9. The fourth-order valence-corrected chi connectivity index (χ4v) is 6.08. The van der Waals surface area contributed by atoms with Crippen LogP contribution in [0.1, 0.15) is 64.7 Å². The Kier molecular flexibility index (Phi) is 5.77. The number of piperidine rings is 2. The molecule has 4 rings (SSSR count). The Morgan fingerprint density at radius 1 is 0.741 bits per heavy atom. The van der Waals surface area contributed by atoms with E-state index in [1.165, 1.54) is 19.3 Å². The van der Waals surface area contributed by atoms with Crippen LogP contribution < -0.4 is 5.73 Å². The molecule has 0 aromatic rings. The van der Waals surface area contributed by atoms with Gasteiger partial charge in [-0.05, 0) is 69.1 Å². The predicted molar refractivity (Wildman–Crippen MR) is 106 cm³/mol.